The van der Waals surface area contributed by atoms with Crippen molar-refractivity contribution in [2.45, 2.75) is 26.4 Å². The van der Waals surface area contributed by atoms with Crippen LogP contribution in [0, 0.1) is 0 Å². The third kappa shape index (κ3) is 1.92. The Morgan fingerprint density at radius 2 is 1.77 bits per heavy atom. The van der Waals surface area contributed by atoms with Crippen molar-refractivity contribution in [1.29, 1.82) is 0 Å². The van der Waals surface area contributed by atoms with Gasteiger partial charge in [-0.25, -0.2) is 0 Å². The Balaban J connectivity index is 3.22. The standard InChI is InChI=1S/C10H14O3/c1-6(2)8-3-7(5-11)9(12)4-10(8)13/h3-4,6,11-13H,5H2,1-2H3. The van der Waals surface area contributed by atoms with E-state index >= 15 is 0 Å². The van der Waals surface area contributed by atoms with E-state index in [1.165, 1.54) is 6.07 Å². The molecule has 0 amide bonds. The van der Waals surface area contributed by atoms with Crippen LogP contribution in [0.4, 0.5) is 0 Å². The number of aliphatic hydroxyl groups is 1. The average Bonchev–Trinajstić information content (AvgIpc) is 2.03. The monoisotopic (exact) mass is 182 g/mol. The molecule has 0 saturated heterocycles. The lowest BCUT2D eigenvalue weighted by molar-refractivity contribution is 0.275. The van der Waals surface area contributed by atoms with E-state index in [9.17, 15) is 10.2 Å². The first-order chi connectivity index (χ1) is 6.06. The lowest BCUT2D eigenvalue weighted by Crippen LogP contribution is -1.92. The number of rotatable bonds is 2. The third-order valence-electron chi connectivity index (χ3n) is 2.02. The number of hydrogen-bond donors (Lipinski definition) is 3. The van der Waals surface area contributed by atoms with Gasteiger partial charge >= 0.3 is 0 Å². The summed E-state index contributed by atoms with van der Waals surface area (Å²) in [6.45, 7) is 3.66. The van der Waals surface area contributed by atoms with Crippen LogP contribution < -0.4 is 0 Å². The molecular weight excluding hydrogens is 168 g/mol. The first-order valence-electron chi connectivity index (χ1n) is 4.22. The topological polar surface area (TPSA) is 60.7 Å². The summed E-state index contributed by atoms with van der Waals surface area (Å²) in [4.78, 5) is 0. The Labute approximate surface area is 77.3 Å². The average molecular weight is 182 g/mol. The third-order valence-corrected chi connectivity index (χ3v) is 2.02. The molecule has 72 valence electrons. The number of hydrogen-bond acceptors (Lipinski definition) is 3. The van der Waals surface area contributed by atoms with Crippen molar-refractivity contribution in [3.8, 4) is 11.5 Å². The molecule has 0 saturated carbocycles. The fourth-order valence-corrected chi connectivity index (χ4v) is 1.23. The van der Waals surface area contributed by atoms with Crippen molar-refractivity contribution in [3.05, 3.63) is 23.3 Å². The first-order valence-corrected chi connectivity index (χ1v) is 4.22. The predicted octanol–water partition coefficient (Wildman–Crippen LogP) is 1.71. The van der Waals surface area contributed by atoms with E-state index in [4.69, 9.17) is 5.11 Å². The van der Waals surface area contributed by atoms with Crippen LogP contribution in [0.15, 0.2) is 12.1 Å². The second-order valence-electron chi connectivity index (χ2n) is 3.35. The number of aliphatic hydroxyl groups excluding tert-OH is 1. The lowest BCUT2D eigenvalue weighted by atomic mass is 9.99. The maximum absolute atomic E-state index is 9.44. The Kier molecular flexibility index (Phi) is 2.78. The molecule has 1 aromatic carbocycles. The minimum atomic E-state index is -0.216. The van der Waals surface area contributed by atoms with Crippen LogP contribution in [-0.2, 0) is 6.61 Å². The number of phenols is 2. The van der Waals surface area contributed by atoms with Gasteiger partial charge in [-0.1, -0.05) is 13.8 Å². The van der Waals surface area contributed by atoms with E-state index < -0.39 is 0 Å². The fourth-order valence-electron chi connectivity index (χ4n) is 1.23. The largest absolute Gasteiger partial charge is 0.508 e. The molecule has 0 aliphatic rings. The van der Waals surface area contributed by atoms with Crippen molar-refractivity contribution in [1.82, 2.24) is 0 Å². The zero-order valence-corrected chi connectivity index (χ0v) is 7.78. The summed E-state index contributed by atoms with van der Waals surface area (Å²) in [5, 5.41) is 27.6. The molecule has 1 rings (SSSR count). The fraction of sp³-hybridized carbons (Fsp3) is 0.400. The quantitative estimate of drug-likeness (QED) is 0.652. The Bertz CT molecular complexity index is 305. The molecule has 0 aromatic heterocycles. The smallest absolute Gasteiger partial charge is 0.124 e. The highest BCUT2D eigenvalue weighted by atomic mass is 16.3. The highest BCUT2D eigenvalue weighted by Gasteiger charge is 2.10. The molecule has 0 aliphatic carbocycles. The molecule has 0 bridgehead atoms. The van der Waals surface area contributed by atoms with E-state index in [1.807, 2.05) is 13.8 Å². The van der Waals surface area contributed by atoms with Crippen molar-refractivity contribution in [2.24, 2.45) is 0 Å². The van der Waals surface area contributed by atoms with Gasteiger partial charge in [0.05, 0.1) is 6.61 Å². The Morgan fingerprint density at radius 1 is 1.15 bits per heavy atom. The van der Waals surface area contributed by atoms with Gasteiger partial charge in [-0.2, -0.15) is 0 Å². The van der Waals surface area contributed by atoms with Gasteiger partial charge < -0.3 is 15.3 Å². The second kappa shape index (κ2) is 3.66. The Hall–Kier alpha value is -1.22. The highest BCUT2D eigenvalue weighted by Crippen LogP contribution is 2.31. The molecule has 0 spiro atoms. The molecule has 3 heteroatoms. The minimum absolute atomic E-state index is 0.0654. The van der Waals surface area contributed by atoms with Crippen molar-refractivity contribution >= 4 is 0 Å². The van der Waals surface area contributed by atoms with Crippen LogP contribution in [0.5, 0.6) is 11.5 Å². The van der Waals surface area contributed by atoms with Crippen LogP contribution in [0.1, 0.15) is 30.9 Å². The summed E-state index contributed by atoms with van der Waals surface area (Å²) >= 11 is 0. The first kappa shape index (κ1) is 9.86. The SMILES string of the molecule is CC(C)c1cc(CO)c(O)cc1O. The molecule has 0 unspecified atom stereocenters. The zero-order chi connectivity index (χ0) is 10.0. The second-order valence-corrected chi connectivity index (χ2v) is 3.35. The van der Waals surface area contributed by atoms with Crippen LogP contribution in [0.25, 0.3) is 0 Å². The molecule has 0 atom stereocenters. The van der Waals surface area contributed by atoms with Gasteiger partial charge in [0.25, 0.3) is 0 Å². The lowest BCUT2D eigenvalue weighted by Gasteiger charge is -2.11. The van der Waals surface area contributed by atoms with E-state index in [1.54, 1.807) is 6.07 Å². The van der Waals surface area contributed by atoms with Gasteiger partial charge in [-0.05, 0) is 17.5 Å². The van der Waals surface area contributed by atoms with E-state index in [0.717, 1.165) is 5.56 Å². The molecule has 13 heavy (non-hydrogen) atoms. The molecule has 1 aromatic rings. The number of benzene rings is 1. The normalized spacial score (nSPS) is 10.8. The maximum atomic E-state index is 9.44. The van der Waals surface area contributed by atoms with Crippen LogP contribution in [0.3, 0.4) is 0 Å². The van der Waals surface area contributed by atoms with Crippen LogP contribution in [-0.4, -0.2) is 15.3 Å². The minimum Gasteiger partial charge on any atom is -0.508 e. The molecule has 3 N–H and O–H groups in total. The predicted molar refractivity (Wildman–Crippen MR) is 49.8 cm³/mol. The van der Waals surface area contributed by atoms with Gasteiger partial charge in [-0.15, -0.1) is 0 Å². The summed E-state index contributed by atoms with van der Waals surface area (Å²) in [5.74, 6) is 0.181. The summed E-state index contributed by atoms with van der Waals surface area (Å²) in [6.07, 6.45) is 0. The zero-order valence-electron chi connectivity index (χ0n) is 7.78. The molecule has 0 radical (unpaired) electrons. The van der Waals surface area contributed by atoms with Gasteiger partial charge in [0.1, 0.15) is 11.5 Å². The summed E-state index contributed by atoms with van der Waals surface area (Å²) in [7, 11) is 0. The van der Waals surface area contributed by atoms with Crippen molar-refractivity contribution in [2.75, 3.05) is 0 Å². The van der Waals surface area contributed by atoms with Gasteiger partial charge in [0, 0.05) is 11.6 Å². The highest BCUT2D eigenvalue weighted by molar-refractivity contribution is 5.46. The number of aromatic hydroxyl groups is 2. The maximum Gasteiger partial charge on any atom is 0.124 e. The summed E-state index contributed by atoms with van der Waals surface area (Å²) < 4.78 is 0. The molecular formula is C10H14O3. The number of phenolic OH excluding ortho intramolecular Hbond substituents is 1. The molecule has 0 aliphatic heterocycles. The van der Waals surface area contributed by atoms with E-state index in [0.29, 0.717) is 5.56 Å². The van der Waals surface area contributed by atoms with Gasteiger partial charge in [-0.3, -0.25) is 0 Å². The van der Waals surface area contributed by atoms with E-state index in [-0.39, 0.29) is 24.0 Å². The van der Waals surface area contributed by atoms with Gasteiger partial charge in [0.15, 0.2) is 0 Å². The summed E-state index contributed by atoms with van der Waals surface area (Å²) in [5.41, 5.74) is 1.18. The molecule has 0 heterocycles. The summed E-state index contributed by atoms with van der Waals surface area (Å²) in [6, 6.07) is 2.89. The molecule has 3 nitrogen and oxygen atoms in total. The van der Waals surface area contributed by atoms with E-state index in [2.05, 4.69) is 0 Å². The Morgan fingerprint density at radius 3 is 2.23 bits per heavy atom. The van der Waals surface area contributed by atoms with Crippen molar-refractivity contribution in [3.63, 3.8) is 0 Å². The van der Waals surface area contributed by atoms with Gasteiger partial charge in [0.2, 0.25) is 0 Å². The van der Waals surface area contributed by atoms with Crippen molar-refractivity contribution < 1.29 is 15.3 Å². The van der Waals surface area contributed by atoms with Crippen LogP contribution >= 0.6 is 0 Å². The molecule has 0 fully saturated rings. The van der Waals surface area contributed by atoms with Crippen LogP contribution in [0.2, 0.25) is 0 Å².